The molecule has 2 heterocycles. The van der Waals surface area contributed by atoms with Crippen LogP contribution in [0.25, 0.3) is 61.6 Å². The van der Waals surface area contributed by atoms with Crippen molar-refractivity contribution in [3.05, 3.63) is 143 Å². The molecule has 5 aromatic carbocycles. The maximum atomic E-state index is 11.6. The number of phenols is 1. The Morgan fingerprint density at radius 1 is 0.545 bits per heavy atom. The minimum absolute atomic E-state index is 0.0157. The quantitative estimate of drug-likeness (QED) is 0.192. The number of imidazole rings is 1. The van der Waals surface area contributed by atoms with Crippen LogP contribution in [0.1, 0.15) is 95.7 Å². The van der Waals surface area contributed by atoms with E-state index in [1.165, 1.54) is 22.3 Å². The molecule has 0 unspecified atom stereocenters. The third-order valence-corrected chi connectivity index (χ3v) is 10.9. The van der Waals surface area contributed by atoms with Crippen molar-refractivity contribution in [3.63, 3.8) is 0 Å². The van der Waals surface area contributed by atoms with Gasteiger partial charge in [-0.2, -0.15) is 0 Å². The molecule has 55 heavy (non-hydrogen) atoms. The van der Waals surface area contributed by atoms with Gasteiger partial charge in [0, 0.05) is 17.3 Å². The molecular weight excluding hydrogens is 671 g/mol. The summed E-state index contributed by atoms with van der Waals surface area (Å²) < 4.78 is 2.27. The Bertz CT molecular complexity index is 2550. The monoisotopic (exact) mass is 725 g/mol. The third-order valence-electron chi connectivity index (χ3n) is 10.9. The summed E-state index contributed by atoms with van der Waals surface area (Å²) in [6.07, 6.45) is 1.96. The van der Waals surface area contributed by atoms with Crippen LogP contribution in [0.2, 0.25) is 0 Å². The molecule has 0 aliphatic rings. The predicted octanol–water partition coefficient (Wildman–Crippen LogP) is 13.6. The lowest BCUT2D eigenvalue weighted by Crippen LogP contribution is -2.19. The molecule has 0 amide bonds. The summed E-state index contributed by atoms with van der Waals surface area (Å²) >= 11 is 0. The van der Waals surface area contributed by atoms with Crippen molar-refractivity contribution in [1.82, 2.24) is 14.5 Å². The summed E-state index contributed by atoms with van der Waals surface area (Å²) in [5.41, 5.74) is 17.0. The number of aromatic hydroxyl groups is 1. The number of rotatable bonds is 5. The number of nitrogens with zero attached hydrogens (tertiary/aromatic N) is 3. The second-order valence-corrected chi connectivity index (χ2v) is 18.4. The van der Waals surface area contributed by atoms with E-state index in [4.69, 9.17) is 9.97 Å². The van der Waals surface area contributed by atoms with Crippen molar-refractivity contribution in [2.24, 2.45) is 0 Å². The summed E-state index contributed by atoms with van der Waals surface area (Å²) in [7, 11) is 0. The van der Waals surface area contributed by atoms with Gasteiger partial charge in [-0.3, -0.25) is 9.55 Å². The number of fused-ring (bicyclic) bond motifs is 1. The highest BCUT2D eigenvalue weighted by Crippen LogP contribution is 2.46. The van der Waals surface area contributed by atoms with Gasteiger partial charge < -0.3 is 5.11 Å². The van der Waals surface area contributed by atoms with Gasteiger partial charge in [0.15, 0.2) is 0 Å². The number of pyridine rings is 1. The predicted molar refractivity (Wildman–Crippen MR) is 233 cm³/mol. The van der Waals surface area contributed by atoms with Gasteiger partial charge in [0.25, 0.3) is 0 Å². The van der Waals surface area contributed by atoms with Crippen LogP contribution in [0.5, 0.6) is 5.75 Å². The largest absolute Gasteiger partial charge is 0.507 e. The smallest absolute Gasteiger partial charge is 0.149 e. The molecule has 2 aromatic heterocycles. The zero-order valence-electron chi connectivity index (χ0n) is 34.7. The molecule has 280 valence electrons. The van der Waals surface area contributed by atoms with Gasteiger partial charge in [-0.1, -0.05) is 135 Å². The van der Waals surface area contributed by atoms with Crippen molar-refractivity contribution in [2.45, 2.75) is 99.3 Å². The zero-order valence-corrected chi connectivity index (χ0v) is 34.7. The third kappa shape index (κ3) is 7.11. The molecule has 0 atom stereocenters. The fraction of sp³-hybridized carbons (Fsp3) is 0.294. The molecule has 4 heteroatoms. The van der Waals surface area contributed by atoms with Crippen LogP contribution in [-0.4, -0.2) is 19.6 Å². The van der Waals surface area contributed by atoms with Gasteiger partial charge in [-0.15, -0.1) is 0 Å². The highest BCUT2D eigenvalue weighted by atomic mass is 16.3. The van der Waals surface area contributed by atoms with Gasteiger partial charge in [0.05, 0.1) is 28.0 Å². The number of benzene rings is 5. The van der Waals surface area contributed by atoms with E-state index in [0.717, 1.165) is 61.4 Å². The summed E-state index contributed by atoms with van der Waals surface area (Å²) in [6, 6.07) is 36.4. The van der Waals surface area contributed by atoms with Crippen molar-refractivity contribution in [2.75, 3.05) is 0 Å². The van der Waals surface area contributed by atoms with Gasteiger partial charge in [0.2, 0.25) is 0 Å². The van der Waals surface area contributed by atoms with Crippen LogP contribution >= 0.6 is 0 Å². The van der Waals surface area contributed by atoms with Gasteiger partial charge in [-0.25, -0.2) is 4.98 Å². The van der Waals surface area contributed by atoms with Gasteiger partial charge >= 0.3 is 0 Å². The van der Waals surface area contributed by atoms with Crippen molar-refractivity contribution in [3.8, 4) is 56.3 Å². The van der Waals surface area contributed by atoms with Crippen LogP contribution in [0, 0.1) is 20.8 Å². The van der Waals surface area contributed by atoms with Crippen LogP contribution in [0.4, 0.5) is 0 Å². The number of hydrogen-bond acceptors (Lipinski definition) is 3. The molecule has 0 saturated carbocycles. The van der Waals surface area contributed by atoms with E-state index in [-0.39, 0.29) is 22.0 Å². The normalized spacial score (nSPS) is 12.4. The Morgan fingerprint density at radius 2 is 1.20 bits per heavy atom. The average Bonchev–Trinajstić information content (AvgIpc) is 3.49. The molecule has 0 fully saturated rings. The Labute approximate surface area is 328 Å². The molecule has 4 nitrogen and oxygen atoms in total. The molecule has 0 spiro atoms. The number of hydrogen-bond donors (Lipinski definition) is 1. The molecule has 0 radical (unpaired) electrons. The molecule has 0 aliphatic heterocycles. The number of aromatic nitrogens is 3. The highest BCUT2D eigenvalue weighted by Gasteiger charge is 2.30. The van der Waals surface area contributed by atoms with Crippen molar-refractivity contribution in [1.29, 1.82) is 0 Å². The van der Waals surface area contributed by atoms with Crippen LogP contribution in [0.15, 0.2) is 109 Å². The summed E-state index contributed by atoms with van der Waals surface area (Å²) in [5.74, 6) is 0.897. The minimum atomic E-state index is -0.172. The standard InChI is InChI=1S/C51H55N3O/c1-31-25-32(2)47(33(3)26-31)54-44-20-16-19-37(46(44)53-48(54)40-27-35(21-22-45(40)55)34-17-14-13-15-18-34)38-29-39(43-28-36(23-24-52-43)49(4,5)6)42(51(10,11)12)30-41(38)50(7,8)9/h13-30,55H,1-12H3. The molecule has 0 aliphatic carbocycles. The Kier molecular flexibility index (Phi) is 9.40. The lowest BCUT2D eigenvalue weighted by atomic mass is 9.74. The lowest BCUT2D eigenvalue weighted by Gasteiger charge is -2.30. The maximum Gasteiger partial charge on any atom is 0.149 e. The van der Waals surface area contributed by atoms with Crippen molar-refractivity contribution < 1.29 is 5.11 Å². The first-order chi connectivity index (χ1) is 25.8. The second kappa shape index (κ2) is 13.7. The molecule has 0 saturated heterocycles. The first kappa shape index (κ1) is 37.8. The molecule has 1 N–H and O–H groups in total. The first-order valence-corrected chi connectivity index (χ1v) is 19.5. The van der Waals surface area contributed by atoms with Crippen molar-refractivity contribution >= 4 is 11.0 Å². The van der Waals surface area contributed by atoms with Gasteiger partial charge in [-0.05, 0) is 118 Å². The minimum Gasteiger partial charge on any atom is -0.507 e. The van der Waals surface area contributed by atoms with E-state index >= 15 is 0 Å². The SMILES string of the molecule is Cc1cc(C)c(-n2c(-c3cc(-c4ccccc4)ccc3O)nc3c(-c4cc(-c5cc(C(C)(C)C)ccn5)c(C(C)(C)C)cc4C(C)(C)C)cccc32)c(C)c1. The number of phenolic OH excluding ortho intramolecular Hbond substituents is 1. The fourth-order valence-electron chi connectivity index (χ4n) is 8.09. The summed E-state index contributed by atoms with van der Waals surface area (Å²) in [6.45, 7) is 27.0. The van der Waals surface area contributed by atoms with E-state index in [2.05, 4.69) is 160 Å². The Morgan fingerprint density at radius 3 is 1.84 bits per heavy atom. The summed E-state index contributed by atoms with van der Waals surface area (Å²) in [4.78, 5) is 10.6. The van der Waals surface area contributed by atoms with Gasteiger partial charge in [0.1, 0.15) is 11.6 Å². The highest BCUT2D eigenvalue weighted by molar-refractivity contribution is 5.98. The summed E-state index contributed by atoms with van der Waals surface area (Å²) in [5, 5.41) is 11.6. The van der Waals surface area contributed by atoms with E-state index in [1.54, 1.807) is 6.07 Å². The Hall–Kier alpha value is -5.48. The van der Waals surface area contributed by atoms with Crippen LogP contribution in [0.3, 0.4) is 0 Å². The number of aryl methyl sites for hydroxylation is 3. The second-order valence-electron chi connectivity index (χ2n) is 18.4. The Balaban J connectivity index is 1.59. The average molecular weight is 726 g/mol. The first-order valence-electron chi connectivity index (χ1n) is 19.5. The molecule has 7 aromatic rings. The fourth-order valence-corrected chi connectivity index (χ4v) is 8.09. The van der Waals surface area contributed by atoms with E-state index in [0.29, 0.717) is 11.4 Å². The molecule has 7 rings (SSSR count). The number of para-hydroxylation sites is 1. The van der Waals surface area contributed by atoms with E-state index in [9.17, 15) is 5.11 Å². The zero-order chi connectivity index (χ0) is 39.6. The lowest BCUT2D eigenvalue weighted by molar-refractivity contribution is 0.477. The molecular formula is C51H55N3O. The van der Waals surface area contributed by atoms with E-state index in [1.807, 2.05) is 30.5 Å². The van der Waals surface area contributed by atoms with E-state index < -0.39 is 0 Å². The topological polar surface area (TPSA) is 50.9 Å². The van der Waals surface area contributed by atoms with Crippen LogP contribution in [-0.2, 0) is 16.2 Å². The maximum absolute atomic E-state index is 11.6. The van der Waals surface area contributed by atoms with Crippen LogP contribution < -0.4 is 0 Å². The molecule has 0 bridgehead atoms.